The van der Waals surface area contributed by atoms with Gasteiger partial charge in [-0.25, -0.2) is 0 Å². The van der Waals surface area contributed by atoms with E-state index in [-0.39, 0.29) is 21.7 Å². The van der Waals surface area contributed by atoms with E-state index in [9.17, 15) is 10.4 Å². The number of rotatable bonds is 3. The lowest BCUT2D eigenvalue weighted by atomic mass is 9.83. The Kier molecular flexibility index (Phi) is 5.02. The summed E-state index contributed by atoms with van der Waals surface area (Å²) in [7, 11) is 1.96. The molecule has 0 fully saturated rings. The number of aliphatic hydroxyl groups excluding tert-OH is 1. The topological polar surface area (TPSA) is 59.3 Å². The van der Waals surface area contributed by atoms with Crippen LogP contribution >= 0.6 is 12.2 Å². The standard InChI is InChI=1S/C22H21N3OS/c1-22(2)17-11-7-8-12-18(17)25(3)20(22)13-19(26)16(14-23)21(27)24-15-9-5-4-6-10-15/h4-13,26H,1-3H3,(H,24,27)/b19-16-,20-13-. The second kappa shape index (κ2) is 7.26. The fraction of sp³-hybridized carbons (Fsp3) is 0.182. The number of anilines is 2. The van der Waals surface area contributed by atoms with Gasteiger partial charge >= 0.3 is 0 Å². The van der Waals surface area contributed by atoms with E-state index in [1.807, 2.05) is 66.5 Å². The lowest BCUT2D eigenvalue weighted by Crippen LogP contribution is -2.23. The van der Waals surface area contributed by atoms with Gasteiger partial charge in [-0.3, -0.25) is 0 Å². The molecule has 0 unspecified atom stereocenters. The van der Waals surface area contributed by atoms with Crippen LogP contribution in [0.25, 0.3) is 0 Å². The zero-order valence-electron chi connectivity index (χ0n) is 15.5. The highest BCUT2D eigenvalue weighted by Crippen LogP contribution is 2.46. The minimum atomic E-state index is -0.297. The number of benzene rings is 2. The Bertz CT molecular complexity index is 984. The smallest absolute Gasteiger partial charge is 0.138 e. The van der Waals surface area contributed by atoms with Gasteiger partial charge in [0.25, 0.3) is 0 Å². The van der Waals surface area contributed by atoms with Crippen molar-refractivity contribution in [3.63, 3.8) is 0 Å². The zero-order valence-corrected chi connectivity index (χ0v) is 16.3. The molecular weight excluding hydrogens is 354 g/mol. The molecule has 1 heterocycles. The maximum Gasteiger partial charge on any atom is 0.138 e. The third-order valence-corrected chi connectivity index (χ3v) is 5.15. The van der Waals surface area contributed by atoms with Crippen molar-refractivity contribution in [1.29, 1.82) is 5.26 Å². The van der Waals surface area contributed by atoms with E-state index in [1.54, 1.807) is 6.08 Å². The number of nitriles is 1. The predicted octanol–water partition coefficient (Wildman–Crippen LogP) is 5.07. The number of hydrogen-bond donors (Lipinski definition) is 2. The summed E-state index contributed by atoms with van der Waals surface area (Å²) >= 11 is 5.34. The Morgan fingerprint density at radius 2 is 1.78 bits per heavy atom. The molecule has 2 aromatic rings. The minimum absolute atomic E-state index is 0.0431. The van der Waals surface area contributed by atoms with Gasteiger partial charge in [-0.15, -0.1) is 0 Å². The number of nitrogens with one attached hydrogen (secondary N) is 1. The molecule has 1 aliphatic heterocycles. The van der Waals surface area contributed by atoms with Crippen LogP contribution in [-0.4, -0.2) is 17.1 Å². The highest BCUT2D eigenvalue weighted by Gasteiger charge is 2.38. The van der Waals surface area contributed by atoms with E-state index in [0.29, 0.717) is 0 Å². The van der Waals surface area contributed by atoms with Crippen LogP contribution in [0.2, 0.25) is 0 Å². The van der Waals surface area contributed by atoms with E-state index in [4.69, 9.17) is 12.2 Å². The summed E-state index contributed by atoms with van der Waals surface area (Å²) in [6.45, 7) is 4.20. The average Bonchev–Trinajstić information content (AvgIpc) is 2.84. The molecule has 0 bridgehead atoms. The molecule has 0 amide bonds. The summed E-state index contributed by atoms with van der Waals surface area (Å²) in [5.74, 6) is -0.145. The number of fused-ring (bicyclic) bond motifs is 1. The van der Waals surface area contributed by atoms with Crippen LogP contribution in [-0.2, 0) is 5.41 Å². The van der Waals surface area contributed by atoms with Crippen molar-refractivity contribution < 1.29 is 5.11 Å². The second-order valence-corrected chi connectivity index (χ2v) is 7.33. The maximum absolute atomic E-state index is 10.7. The molecule has 2 N–H and O–H groups in total. The van der Waals surface area contributed by atoms with Crippen LogP contribution in [0, 0.1) is 11.3 Å². The minimum Gasteiger partial charge on any atom is -0.506 e. The van der Waals surface area contributed by atoms with Crippen LogP contribution in [0.4, 0.5) is 11.4 Å². The van der Waals surface area contributed by atoms with Crippen LogP contribution in [0.1, 0.15) is 19.4 Å². The molecule has 0 radical (unpaired) electrons. The van der Waals surface area contributed by atoms with Crippen molar-refractivity contribution in [2.24, 2.45) is 0 Å². The van der Waals surface area contributed by atoms with Crippen LogP contribution in [0.5, 0.6) is 0 Å². The third-order valence-electron chi connectivity index (χ3n) is 4.84. The Morgan fingerprint density at radius 1 is 1.15 bits per heavy atom. The van der Waals surface area contributed by atoms with Crippen molar-refractivity contribution in [1.82, 2.24) is 0 Å². The number of allylic oxidation sites excluding steroid dienone is 2. The Hall–Kier alpha value is -3.10. The highest BCUT2D eigenvalue weighted by molar-refractivity contribution is 7.81. The Balaban J connectivity index is 1.97. The number of likely N-dealkylation sites (N-methyl/N-ethyl adjacent to an activating group) is 1. The van der Waals surface area contributed by atoms with Crippen molar-refractivity contribution in [3.8, 4) is 6.07 Å². The summed E-state index contributed by atoms with van der Waals surface area (Å²) in [5.41, 5.74) is 3.67. The van der Waals surface area contributed by atoms with Crippen molar-refractivity contribution >= 4 is 28.6 Å². The summed E-state index contributed by atoms with van der Waals surface area (Å²) < 4.78 is 0. The largest absolute Gasteiger partial charge is 0.506 e. The van der Waals surface area contributed by atoms with Gasteiger partial charge in [0, 0.05) is 35.6 Å². The first-order valence-electron chi connectivity index (χ1n) is 8.61. The molecule has 1 aliphatic rings. The number of nitrogens with zero attached hydrogens (tertiary/aromatic N) is 2. The third kappa shape index (κ3) is 3.44. The fourth-order valence-corrected chi connectivity index (χ4v) is 3.67. The Labute approximate surface area is 165 Å². The quantitative estimate of drug-likeness (QED) is 0.339. The molecule has 0 saturated carbocycles. The first-order chi connectivity index (χ1) is 12.9. The van der Waals surface area contributed by atoms with Gasteiger partial charge in [-0.2, -0.15) is 5.26 Å². The monoisotopic (exact) mass is 375 g/mol. The average molecular weight is 375 g/mol. The van der Waals surface area contributed by atoms with Gasteiger partial charge in [0.15, 0.2) is 0 Å². The molecule has 4 nitrogen and oxygen atoms in total. The van der Waals surface area contributed by atoms with Gasteiger partial charge < -0.3 is 15.3 Å². The summed E-state index contributed by atoms with van der Waals surface area (Å²) in [6.07, 6.45) is 1.64. The number of thiocarbonyl (C=S) groups is 1. The van der Waals surface area contributed by atoms with Gasteiger partial charge in [-0.05, 0) is 23.8 Å². The molecular formula is C22H21N3OS. The van der Waals surface area contributed by atoms with Crippen LogP contribution < -0.4 is 10.2 Å². The van der Waals surface area contributed by atoms with Crippen molar-refractivity contribution in [2.75, 3.05) is 17.3 Å². The molecule has 136 valence electrons. The molecule has 0 saturated heterocycles. The van der Waals surface area contributed by atoms with Gasteiger partial charge in [0.05, 0.1) is 0 Å². The molecule has 0 spiro atoms. The summed E-state index contributed by atoms with van der Waals surface area (Å²) in [6, 6.07) is 19.5. The number of hydrogen-bond acceptors (Lipinski definition) is 4. The first-order valence-corrected chi connectivity index (χ1v) is 9.02. The van der Waals surface area contributed by atoms with E-state index in [1.165, 1.54) is 5.56 Å². The fourth-order valence-electron chi connectivity index (χ4n) is 3.40. The van der Waals surface area contributed by atoms with Crippen molar-refractivity contribution in [2.45, 2.75) is 19.3 Å². The van der Waals surface area contributed by atoms with Crippen LogP contribution in [0.3, 0.4) is 0 Å². The maximum atomic E-state index is 10.7. The molecule has 27 heavy (non-hydrogen) atoms. The molecule has 0 aromatic heterocycles. The van der Waals surface area contributed by atoms with Gasteiger partial charge in [0.2, 0.25) is 0 Å². The van der Waals surface area contributed by atoms with Crippen molar-refractivity contribution in [3.05, 3.63) is 83.3 Å². The highest BCUT2D eigenvalue weighted by atomic mass is 32.1. The van der Waals surface area contributed by atoms with E-state index >= 15 is 0 Å². The van der Waals surface area contributed by atoms with Crippen LogP contribution in [0.15, 0.2) is 77.7 Å². The second-order valence-electron chi connectivity index (χ2n) is 6.92. The van der Waals surface area contributed by atoms with Gasteiger partial charge in [-0.1, -0.05) is 62.5 Å². The summed E-state index contributed by atoms with van der Waals surface area (Å²) in [4.78, 5) is 2.22. The predicted molar refractivity (Wildman–Crippen MR) is 114 cm³/mol. The van der Waals surface area contributed by atoms with E-state index in [2.05, 4.69) is 25.2 Å². The number of para-hydroxylation sites is 2. The molecule has 3 rings (SSSR count). The van der Waals surface area contributed by atoms with E-state index in [0.717, 1.165) is 17.1 Å². The molecule has 5 heteroatoms. The first kappa shape index (κ1) is 18.7. The lowest BCUT2D eigenvalue weighted by molar-refractivity contribution is 0.427. The molecule has 0 aliphatic carbocycles. The molecule has 2 aromatic carbocycles. The zero-order chi connectivity index (χ0) is 19.6. The lowest BCUT2D eigenvalue weighted by Gasteiger charge is -2.24. The SMILES string of the molecule is CN1/C(=C\C(O)=C(/C#N)C(=S)Nc2ccccc2)C(C)(C)c2ccccc21. The van der Waals surface area contributed by atoms with Gasteiger partial charge in [0.1, 0.15) is 22.4 Å². The van der Waals surface area contributed by atoms with E-state index < -0.39 is 0 Å². The number of aliphatic hydroxyl groups is 1. The summed E-state index contributed by atoms with van der Waals surface area (Å²) in [5, 5.41) is 23.2. The Morgan fingerprint density at radius 3 is 2.41 bits per heavy atom. The normalized spacial score (nSPS) is 17.1. The molecule has 0 atom stereocenters.